The van der Waals surface area contributed by atoms with Gasteiger partial charge in [0.15, 0.2) is 0 Å². The predicted octanol–water partition coefficient (Wildman–Crippen LogP) is 6.21. The van der Waals surface area contributed by atoms with Crippen molar-refractivity contribution in [3.05, 3.63) is 81.7 Å². The zero-order chi connectivity index (χ0) is 22.7. The minimum absolute atomic E-state index is 0.0786. The quantitative estimate of drug-likeness (QED) is 0.342. The van der Waals surface area contributed by atoms with Gasteiger partial charge in [-0.2, -0.15) is 0 Å². The number of anilines is 1. The van der Waals surface area contributed by atoms with E-state index in [4.69, 9.17) is 0 Å². The number of nitrogens with zero attached hydrogens (tertiary/aromatic N) is 1. The second kappa shape index (κ2) is 9.71. The number of nitrogens with one attached hydrogen (secondary N) is 2. The van der Waals surface area contributed by atoms with Gasteiger partial charge >= 0.3 is 0 Å². The fourth-order valence-corrected chi connectivity index (χ4v) is 5.11. The molecule has 0 saturated carbocycles. The lowest BCUT2D eigenvalue weighted by atomic mass is 10.0. The van der Waals surface area contributed by atoms with Gasteiger partial charge in [0.05, 0.1) is 16.4 Å². The molecule has 164 valence electrons. The summed E-state index contributed by atoms with van der Waals surface area (Å²) in [6.45, 7) is 6.23. The summed E-state index contributed by atoms with van der Waals surface area (Å²) in [7, 11) is 0. The summed E-state index contributed by atoms with van der Waals surface area (Å²) in [6, 6.07) is 17.8. The number of hydrogen-bond acceptors (Lipinski definition) is 5. The zero-order valence-corrected chi connectivity index (χ0v) is 19.8. The lowest BCUT2D eigenvalue weighted by Crippen LogP contribution is -2.16. The molecule has 1 amide bonds. The van der Waals surface area contributed by atoms with Crippen molar-refractivity contribution in [1.29, 1.82) is 0 Å². The SMILES string of the molecule is CC(C)c1ccc(NC(=O)CS[C@@H](C)c2nc3scc(-c4ccccc4)c3c(=O)[nH]2)cc1. The van der Waals surface area contributed by atoms with Crippen molar-refractivity contribution < 1.29 is 4.79 Å². The van der Waals surface area contributed by atoms with Gasteiger partial charge < -0.3 is 10.3 Å². The van der Waals surface area contributed by atoms with Crippen molar-refractivity contribution in [2.45, 2.75) is 31.9 Å². The normalized spacial score (nSPS) is 12.2. The molecule has 2 aromatic heterocycles. The highest BCUT2D eigenvalue weighted by Crippen LogP contribution is 2.32. The Bertz CT molecular complexity index is 1280. The average Bonchev–Trinajstić information content (AvgIpc) is 3.23. The Morgan fingerprint density at radius 2 is 1.81 bits per heavy atom. The molecule has 0 spiro atoms. The molecule has 0 aliphatic carbocycles. The first-order valence-corrected chi connectivity index (χ1v) is 12.4. The maximum Gasteiger partial charge on any atom is 0.260 e. The summed E-state index contributed by atoms with van der Waals surface area (Å²) in [6.07, 6.45) is 0. The molecule has 7 heteroatoms. The van der Waals surface area contributed by atoms with E-state index in [-0.39, 0.29) is 22.5 Å². The first-order valence-electron chi connectivity index (χ1n) is 10.5. The molecule has 0 unspecified atom stereocenters. The van der Waals surface area contributed by atoms with Crippen LogP contribution in [0.5, 0.6) is 0 Å². The van der Waals surface area contributed by atoms with Crippen LogP contribution >= 0.6 is 23.1 Å². The molecular weight excluding hydrogens is 438 g/mol. The fraction of sp³-hybridized carbons (Fsp3) is 0.240. The minimum atomic E-state index is -0.146. The number of fused-ring (bicyclic) bond motifs is 1. The maximum atomic E-state index is 12.8. The van der Waals surface area contributed by atoms with E-state index in [2.05, 4.69) is 29.1 Å². The van der Waals surface area contributed by atoms with Crippen molar-refractivity contribution in [3.8, 4) is 11.1 Å². The highest BCUT2D eigenvalue weighted by molar-refractivity contribution is 8.00. The van der Waals surface area contributed by atoms with E-state index >= 15 is 0 Å². The van der Waals surface area contributed by atoms with E-state index < -0.39 is 0 Å². The Kier molecular flexibility index (Phi) is 6.77. The first kappa shape index (κ1) is 22.3. The second-order valence-electron chi connectivity index (χ2n) is 7.92. The number of carbonyl (C=O) groups is 1. The van der Waals surface area contributed by atoms with Gasteiger partial charge in [0, 0.05) is 16.6 Å². The predicted molar refractivity (Wildman–Crippen MR) is 136 cm³/mol. The molecule has 5 nitrogen and oxygen atoms in total. The molecule has 4 aromatic rings. The van der Waals surface area contributed by atoms with E-state index in [1.54, 1.807) is 0 Å². The highest BCUT2D eigenvalue weighted by Gasteiger charge is 2.17. The molecular formula is C25H25N3O2S2. The van der Waals surface area contributed by atoms with Gasteiger partial charge in [0.1, 0.15) is 10.7 Å². The number of thioether (sulfide) groups is 1. The number of aromatic nitrogens is 2. The van der Waals surface area contributed by atoms with Gasteiger partial charge in [-0.3, -0.25) is 9.59 Å². The average molecular weight is 464 g/mol. The molecule has 2 N–H and O–H groups in total. The van der Waals surface area contributed by atoms with Crippen LogP contribution in [0.1, 0.15) is 43.3 Å². The highest BCUT2D eigenvalue weighted by atomic mass is 32.2. The molecule has 0 saturated heterocycles. The number of H-pyrrole nitrogens is 1. The summed E-state index contributed by atoms with van der Waals surface area (Å²) in [4.78, 5) is 33.5. The Morgan fingerprint density at radius 1 is 1.09 bits per heavy atom. The third-order valence-electron chi connectivity index (χ3n) is 5.26. The van der Waals surface area contributed by atoms with Crippen molar-refractivity contribution >= 4 is 44.9 Å². The van der Waals surface area contributed by atoms with Crippen molar-refractivity contribution in [3.63, 3.8) is 0 Å². The van der Waals surface area contributed by atoms with Crippen LogP contribution in [0, 0.1) is 0 Å². The molecule has 32 heavy (non-hydrogen) atoms. The molecule has 0 fully saturated rings. The van der Waals surface area contributed by atoms with Crippen molar-refractivity contribution in [1.82, 2.24) is 9.97 Å². The molecule has 0 aliphatic rings. The fourth-order valence-electron chi connectivity index (χ4n) is 3.42. The van der Waals surface area contributed by atoms with Crippen LogP contribution in [0.3, 0.4) is 0 Å². The standard InChI is InChI=1S/C25H25N3O2S2/c1-15(2)17-9-11-19(12-10-17)26-21(29)14-31-16(3)23-27-24(30)22-20(13-32-25(22)28-23)18-7-5-4-6-8-18/h4-13,15-16H,14H2,1-3H3,(H,26,29)(H,27,28,30)/t16-/m0/s1. The van der Waals surface area contributed by atoms with Gasteiger partial charge in [0.25, 0.3) is 5.56 Å². The van der Waals surface area contributed by atoms with E-state index in [1.165, 1.54) is 28.7 Å². The number of aromatic amines is 1. The topological polar surface area (TPSA) is 74.8 Å². The van der Waals surface area contributed by atoms with Gasteiger partial charge in [-0.15, -0.1) is 23.1 Å². The Hall–Kier alpha value is -2.90. The van der Waals surface area contributed by atoms with E-state index in [0.29, 0.717) is 22.0 Å². The van der Waals surface area contributed by atoms with Gasteiger partial charge in [-0.1, -0.05) is 56.3 Å². The Balaban J connectivity index is 1.43. The molecule has 2 aromatic carbocycles. The maximum absolute atomic E-state index is 12.8. The third-order valence-corrected chi connectivity index (χ3v) is 7.28. The van der Waals surface area contributed by atoms with Crippen LogP contribution in [0.25, 0.3) is 21.3 Å². The zero-order valence-electron chi connectivity index (χ0n) is 18.2. The van der Waals surface area contributed by atoms with Crippen molar-refractivity contribution in [2.75, 3.05) is 11.1 Å². The number of hydrogen-bond donors (Lipinski definition) is 2. The third kappa shape index (κ3) is 4.95. The van der Waals surface area contributed by atoms with Crippen LogP contribution in [0.15, 0.2) is 64.8 Å². The van der Waals surface area contributed by atoms with Gasteiger partial charge in [-0.05, 0) is 36.1 Å². The van der Waals surface area contributed by atoms with E-state index in [9.17, 15) is 9.59 Å². The summed E-state index contributed by atoms with van der Waals surface area (Å²) < 4.78 is 0. The second-order valence-corrected chi connectivity index (χ2v) is 10.1. The largest absolute Gasteiger partial charge is 0.325 e. The van der Waals surface area contributed by atoms with E-state index in [0.717, 1.165) is 16.8 Å². The molecule has 4 rings (SSSR count). The molecule has 2 heterocycles. The molecule has 1 atom stereocenters. The molecule has 0 bridgehead atoms. The molecule has 0 radical (unpaired) electrons. The summed E-state index contributed by atoms with van der Waals surface area (Å²) in [5.41, 5.74) is 3.77. The summed E-state index contributed by atoms with van der Waals surface area (Å²) >= 11 is 2.91. The number of benzene rings is 2. The lowest BCUT2D eigenvalue weighted by molar-refractivity contribution is -0.113. The van der Waals surface area contributed by atoms with E-state index in [1.807, 2.05) is 66.9 Å². The first-order chi connectivity index (χ1) is 15.4. The van der Waals surface area contributed by atoms with Gasteiger partial charge in [0.2, 0.25) is 5.91 Å². The molecule has 0 aliphatic heterocycles. The van der Waals surface area contributed by atoms with Crippen molar-refractivity contribution in [2.24, 2.45) is 0 Å². The summed E-state index contributed by atoms with van der Waals surface area (Å²) in [5.74, 6) is 1.23. The van der Waals surface area contributed by atoms with Gasteiger partial charge in [-0.25, -0.2) is 4.98 Å². The number of amides is 1. The number of carbonyl (C=O) groups excluding carboxylic acids is 1. The van der Waals surface area contributed by atoms with Crippen LogP contribution in [0.2, 0.25) is 0 Å². The monoisotopic (exact) mass is 463 g/mol. The van der Waals surface area contributed by atoms with Crippen LogP contribution in [-0.2, 0) is 4.79 Å². The van der Waals surface area contributed by atoms with Crippen LogP contribution < -0.4 is 10.9 Å². The number of thiophene rings is 1. The minimum Gasteiger partial charge on any atom is -0.325 e. The number of rotatable bonds is 7. The van der Waals surface area contributed by atoms with Crippen LogP contribution in [-0.4, -0.2) is 21.6 Å². The smallest absolute Gasteiger partial charge is 0.260 e. The van der Waals surface area contributed by atoms with Crippen LogP contribution in [0.4, 0.5) is 5.69 Å². The Morgan fingerprint density at radius 3 is 2.50 bits per heavy atom. The lowest BCUT2D eigenvalue weighted by Gasteiger charge is -2.12. The Labute approximate surface area is 195 Å². The summed E-state index contributed by atoms with van der Waals surface area (Å²) in [5, 5.41) is 5.40.